The van der Waals surface area contributed by atoms with Crippen molar-refractivity contribution in [3.05, 3.63) is 63.1 Å². The number of aromatic nitrogens is 1. The number of halogens is 2. The Morgan fingerprint density at radius 1 is 1.18 bits per heavy atom. The molecule has 1 amide bonds. The van der Waals surface area contributed by atoms with Crippen LogP contribution in [-0.2, 0) is 17.7 Å². The van der Waals surface area contributed by atoms with Gasteiger partial charge in [-0.25, -0.2) is 13.6 Å². The third-order valence-electron chi connectivity index (χ3n) is 4.88. The van der Waals surface area contributed by atoms with Gasteiger partial charge in [0, 0.05) is 56.5 Å². The topological polar surface area (TPSA) is 85.9 Å². The SMILES string of the molecule is COC(=O)N1CCN(Cc2c(Cc3c(F)cccc3F)c[nH]c(=O)c2O)CC1. The van der Waals surface area contributed by atoms with Crippen LogP contribution in [0, 0.1) is 11.6 Å². The van der Waals surface area contributed by atoms with E-state index in [0.29, 0.717) is 37.3 Å². The van der Waals surface area contributed by atoms with Crippen LogP contribution in [0.2, 0.25) is 0 Å². The number of methoxy groups -OCH3 is 1. The fourth-order valence-corrected chi connectivity index (χ4v) is 3.26. The number of piperazine rings is 1. The molecule has 7 nitrogen and oxygen atoms in total. The summed E-state index contributed by atoms with van der Waals surface area (Å²) in [6.45, 7) is 2.11. The molecule has 0 radical (unpaired) electrons. The van der Waals surface area contributed by atoms with Gasteiger partial charge in [-0.2, -0.15) is 0 Å². The molecule has 9 heteroatoms. The molecule has 1 aliphatic rings. The van der Waals surface area contributed by atoms with Crippen LogP contribution in [-0.4, -0.2) is 59.3 Å². The molecule has 1 aromatic heterocycles. The molecule has 150 valence electrons. The average Bonchev–Trinajstić information content (AvgIpc) is 2.70. The summed E-state index contributed by atoms with van der Waals surface area (Å²) >= 11 is 0. The second-order valence-electron chi connectivity index (χ2n) is 6.58. The van der Waals surface area contributed by atoms with Gasteiger partial charge in [0.1, 0.15) is 11.6 Å². The molecule has 1 saturated heterocycles. The highest BCUT2D eigenvalue weighted by Gasteiger charge is 2.24. The second kappa shape index (κ2) is 8.39. The number of rotatable bonds is 4. The van der Waals surface area contributed by atoms with Crippen LogP contribution in [0.1, 0.15) is 16.7 Å². The van der Waals surface area contributed by atoms with Crippen LogP contribution in [0.15, 0.2) is 29.2 Å². The van der Waals surface area contributed by atoms with Gasteiger partial charge in [0.2, 0.25) is 0 Å². The number of carbonyl (C=O) groups excluding carboxylic acids is 1. The van der Waals surface area contributed by atoms with Crippen LogP contribution < -0.4 is 5.56 Å². The molecule has 28 heavy (non-hydrogen) atoms. The number of amides is 1. The summed E-state index contributed by atoms with van der Waals surface area (Å²) in [5, 5.41) is 10.3. The van der Waals surface area contributed by atoms with Gasteiger partial charge >= 0.3 is 6.09 Å². The lowest BCUT2D eigenvalue weighted by Crippen LogP contribution is -2.48. The number of ether oxygens (including phenoxy) is 1. The fourth-order valence-electron chi connectivity index (χ4n) is 3.26. The zero-order chi connectivity index (χ0) is 20.3. The lowest BCUT2D eigenvalue weighted by molar-refractivity contribution is 0.0885. The van der Waals surface area contributed by atoms with Crippen molar-refractivity contribution in [1.82, 2.24) is 14.8 Å². The lowest BCUT2D eigenvalue weighted by Gasteiger charge is -2.34. The normalized spacial score (nSPS) is 14.9. The van der Waals surface area contributed by atoms with Gasteiger partial charge in [-0.3, -0.25) is 9.69 Å². The van der Waals surface area contributed by atoms with Crippen molar-refractivity contribution in [3.8, 4) is 5.75 Å². The lowest BCUT2D eigenvalue weighted by atomic mass is 9.99. The van der Waals surface area contributed by atoms with E-state index in [1.807, 2.05) is 4.90 Å². The molecule has 0 saturated carbocycles. The summed E-state index contributed by atoms with van der Waals surface area (Å²) in [7, 11) is 1.32. The predicted octanol–water partition coefficient (Wildman–Crippen LogP) is 1.83. The molecule has 0 atom stereocenters. The first kappa shape index (κ1) is 19.8. The second-order valence-corrected chi connectivity index (χ2v) is 6.58. The number of hydrogen-bond donors (Lipinski definition) is 2. The third-order valence-corrected chi connectivity index (χ3v) is 4.88. The molecule has 2 heterocycles. The highest BCUT2D eigenvalue weighted by atomic mass is 19.1. The van der Waals surface area contributed by atoms with Crippen LogP contribution in [0.3, 0.4) is 0 Å². The van der Waals surface area contributed by atoms with Gasteiger partial charge in [0.25, 0.3) is 5.56 Å². The summed E-state index contributed by atoms with van der Waals surface area (Å²) < 4.78 is 32.7. The van der Waals surface area contributed by atoms with Crippen molar-refractivity contribution in [2.45, 2.75) is 13.0 Å². The van der Waals surface area contributed by atoms with E-state index < -0.39 is 29.0 Å². The first-order chi connectivity index (χ1) is 13.4. The van der Waals surface area contributed by atoms with E-state index in [1.165, 1.54) is 19.4 Å². The van der Waals surface area contributed by atoms with Gasteiger partial charge in [-0.15, -0.1) is 0 Å². The largest absolute Gasteiger partial charge is 0.503 e. The third kappa shape index (κ3) is 4.14. The minimum Gasteiger partial charge on any atom is -0.503 e. The van der Waals surface area contributed by atoms with Gasteiger partial charge in [-0.1, -0.05) is 6.07 Å². The Morgan fingerprint density at radius 3 is 2.43 bits per heavy atom. The zero-order valence-electron chi connectivity index (χ0n) is 15.4. The van der Waals surface area contributed by atoms with E-state index >= 15 is 0 Å². The number of aromatic amines is 1. The molecule has 0 aliphatic carbocycles. The molecular formula is C19H21F2N3O4. The smallest absolute Gasteiger partial charge is 0.409 e. The zero-order valence-corrected chi connectivity index (χ0v) is 15.4. The number of benzene rings is 1. The summed E-state index contributed by atoms with van der Waals surface area (Å²) in [5.74, 6) is -1.85. The summed E-state index contributed by atoms with van der Waals surface area (Å²) in [4.78, 5) is 29.3. The number of hydrogen-bond acceptors (Lipinski definition) is 5. The Labute approximate surface area is 160 Å². The number of H-pyrrole nitrogens is 1. The molecular weight excluding hydrogens is 372 g/mol. The molecule has 1 fully saturated rings. The monoisotopic (exact) mass is 393 g/mol. The van der Waals surface area contributed by atoms with Crippen LogP contribution in [0.5, 0.6) is 5.75 Å². The highest BCUT2D eigenvalue weighted by Crippen LogP contribution is 2.24. The van der Waals surface area contributed by atoms with Gasteiger partial charge in [-0.05, 0) is 17.7 Å². The Hall–Kier alpha value is -2.94. The maximum atomic E-state index is 14.0. The Bertz CT molecular complexity index is 904. The van der Waals surface area contributed by atoms with Crippen LogP contribution >= 0.6 is 0 Å². The standard InChI is InChI=1S/C19H21F2N3O4/c1-28-19(27)24-7-5-23(6-8-24)11-14-12(10-22-18(26)17(14)25)9-13-15(20)3-2-4-16(13)21/h2-4,10,25H,5-9,11H2,1H3,(H,22,26). The number of carbonyl (C=O) groups is 1. The van der Waals surface area contributed by atoms with Crippen molar-refractivity contribution in [1.29, 1.82) is 0 Å². The molecule has 0 unspecified atom stereocenters. The van der Waals surface area contributed by atoms with Crippen molar-refractivity contribution < 1.29 is 23.4 Å². The average molecular weight is 393 g/mol. The minimum atomic E-state index is -0.691. The van der Waals surface area contributed by atoms with E-state index in [1.54, 1.807) is 4.90 Å². The quantitative estimate of drug-likeness (QED) is 0.828. The van der Waals surface area contributed by atoms with Gasteiger partial charge < -0.3 is 19.7 Å². The summed E-state index contributed by atoms with van der Waals surface area (Å²) in [6, 6.07) is 3.60. The van der Waals surface area contributed by atoms with Gasteiger partial charge in [0.05, 0.1) is 7.11 Å². The Morgan fingerprint density at radius 2 is 1.82 bits per heavy atom. The minimum absolute atomic E-state index is 0.111. The van der Waals surface area contributed by atoms with E-state index in [2.05, 4.69) is 4.98 Å². The molecule has 0 spiro atoms. The molecule has 2 aromatic rings. The summed E-state index contributed by atoms with van der Waals surface area (Å²) in [6.07, 6.45) is 0.850. The van der Waals surface area contributed by atoms with Gasteiger partial charge in [0.15, 0.2) is 5.75 Å². The van der Waals surface area contributed by atoms with Crippen LogP contribution in [0.25, 0.3) is 0 Å². The Kier molecular flexibility index (Phi) is 5.93. The van der Waals surface area contributed by atoms with E-state index in [0.717, 1.165) is 12.1 Å². The summed E-state index contributed by atoms with van der Waals surface area (Å²) in [5.41, 5.74) is -0.0546. The van der Waals surface area contributed by atoms with E-state index in [9.17, 15) is 23.5 Å². The van der Waals surface area contributed by atoms with Crippen molar-refractivity contribution in [3.63, 3.8) is 0 Å². The number of nitrogens with zero attached hydrogens (tertiary/aromatic N) is 2. The highest BCUT2D eigenvalue weighted by molar-refractivity contribution is 5.67. The van der Waals surface area contributed by atoms with E-state index in [4.69, 9.17) is 4.74 Å². The number of pyridine rings is 1. The molecule has 1 aliphatic heterocycles. The number of nitrogens with one attached hydrogen (secondary N) is 1. The van der Waals surface area contributed by atoms with E-state index in [-0.39, 0.29) is 18.5 Å². The van der Waals surface area contributed by atoms with Crippen LogP contribution in [0.4, 0.5) is 13.6 Å². The number of aromatic hydroxyl groups is 1. The molecule has 3 rings (SSSR count). The van der Waals surface area contributed by atoms with Crippen molar-refractivity contribution in [2.24, 2.45) is 0 Å². The fraction of sp³-hybridized carbons (Fsp3) is 0.368. The molecule has 0 bridgehead atoms. The maximum absolute atomic E-state index is 14.0. The van der Waals surface area contributed by atoms with Crippen molar-refractivity contribution >= 4 is 6.09 Å². The molecule has 2 N–H and O–H groups in total. The van der Waals surface area contributed by atoms with Crippen molar-refractivity contribution in [2.75, 3.05) is 33.3 Å². The molecule has 1 aromatic carbocycles. The Balaban J connectivity index is 1.82. The first-order valence-corrected chi connectivity index (χ1v) is 8.81. The maximum Gasteiger partial charge on any atom is 0.409 e. The predicted molar refractivity (Wildman–Crippen MR) is 97.1 cm³/mol. The first-order valence-electron chi connectivity index (χ1n) is 8.81.